The van der Waals surface area contributed by atoms with E-state index in [1.807, 2.05) is 0 Å². The third-order valence-corrected chi connectivity index (χ3v) is 9.21. The van der Waals surface area contributed by atoms with Gasteiger partial charge in [0.25, 0.3) is 0 Å². The van der Waals surface area contributed by atoms with Gasteiger partial charge < -0.3 is 18.7 Å². The van der Waals surface area contributed by atoms with E-state index in [0.717, 1.165) is 12.8 Å². The van der Waals surface area contributed by atoms with Crippen LogP contribution in [-0.2, 0) is 18.3 Å². The molecule has 2 fully saturated rings. The van der Waals surface area contributed by atoms with Crippen molar-refractivity contribution in [2.45, 2.75) is 57.5 Å². The summed E-state index contributed by atoms with van der Waals surface area (Å²) in [5, 5.41) is 0. The van der Waals surface area contributed by atoms with E-state index in [1.54, 1.807) is 44.2 Å². The minimum Gasteiger partial charge on any atom is -0.364 e. The molecule has 3 unspecified atom stereocenters. The van der Waals surface area contributed by atoms with Crippen LogP contribution >= 0.6 is 7.60 Å². The number of hydrogen-bond acceptors (Lipinski definition) is 6. The van der Waals surface area contributed by atoms with E-state index in [1.165, 1.54) is 38.2 Å². The van der Waals surface area contributed by atoms with Crippen molar-refractivity contribution >= 4 is 13.4 Å². The van der Waals surface area contributed by atoms with Crippen LogP contribution in [0.2, 0.25) is 0 Å². The number of methoxy groups -OCH3 is 1. The topological polar surface area (TPSA) is 65.1 Å². The number of halogens is 2. The first-order valence-corrected chi connectivity index (χ1v) is 14.0. The number of Topliss-reactive ketones (excluding diaryl/α,β-unsaturated/α-hetero) is 1. The second-order valence-corrected chi connectivity index (χ2v) is 11.1. The number of ketones is 1. The first kappa shape index (κ1) is 28.6. The van der Waals surface area contributed by atoms with Gasteiger partial charge in [0.05, 0.1) is 18.8 Å². The van der Waals surface area contributed by atoms with Gasteiger partial charge in [0.1, 0.15) is 11.6 Å². The zero-order valence-corrected chi connectivity index (χ0v) is 22.3. The number of hydrogen-bond donors (Lipinski definition) is 0. The Morgan fingerprint density at radius 2 is 1.50 bits per heavy atom. The predicted octanol–water partition coefficient (Wildman–Crippen LogP) is 6.62. The fourth-order valence-corrected chi connectivity index (χ4v) is 7.01. The monoisotopic (exact) mass is 523 g/mol. The third-order valence-electron chi connectivity index (χ3n) is 6.91. The number of nitrogens with zero attached hydrogens (tertiary/aromatic N) is 1. The van der Waals surface area contributed by atoms with Gasteiger partial charge in [-0.2, -0.15) is 0 Å². The number of benzene rings is 2. The quantitative estimate of drug-likeness (QED) is 0.272. The highest BCUT2D eigenvalue weighted by Crippen LogP contribution is 2.61. The summed E-state index contributed by atoms with van der Waals surface area (Å²) in [5.74, 6) is -1.93. The van der Waals surface area contributed by atoms with Crippen molar-refractivity contribution in [3.63, 3.8) is 0 Å². The first-order chi connectivity index (χ1) is 17.3. The molecule has 2 saturated heterocycles. The van der Waals surface area contributed by atoms with Gasteiger partial charge in [-0.05, 0) is 64.8 Å². The molecular weight excluding hydrogens is 487 g/mol. The molecule has 36 heavy (non-hydrogen) atoms. The van der Waals surface area contributed by atoms with Crippen molar-refractivity contribution in [3.05, 3.63) is 71.3 Å². The maximum atomic E-state index is 13.7. The van der Waals surface area contributed by atoms with E-state index in [-0.39, 0.29) is 41.9 Å². The van der Waals surface area contributed by atoms with Crippen LogP contribution in [0.3, 0.4) is 0 Å². The lowest BCUT2D eigenvalue weighted by Gasteiger charge is -2.35. The molecule has 0 aliphatic carbocycles. The highest BCUT2D eigenvalue weighted by atomic mass is 31.2. The number of carbonyl (C=O) groups excluding carboxylic acids is 1. The summed E-state index contributed by atoms with van der Waals surface area (Å²) in [6, 6.07) is 13.4. The lowest BCUT2D eigenvalue weighted by molar-refractivity contribution is 0.0763. The standard InChI is InChI=1S/C15H18FNO.C12H18FO4P/c1-17-11-6-7-12(17)9-10(8-11)15(18)13-4-2-3-5-14(13)16;1-4-16-18(14,17-5-2)12(15-3)10-8-6-7-9-11(10)13/h2-5,10-12H,6-9H2,1H3;6-9,12H,4-5H2,1-3H3. The van der Waals surface area contributed by atoms with Crippen LogP contribution in [0.1, 0.15) is 61.3 Å². The molecule has 2 aliphatic rings. The van der Waals surface area contributed by atoms with Gasteiger partial charge in [0.15, 0.2) is 11.6 Å². The number of rotatable bonds is 9. The lowest BCUT2D eigenvalue weighted by atomic mass is 9.85. The van der Waals surface area contributed by atoms with Gasteiger partial charge >= 0.3 is 7.60 Å². The molecule has 2 aliphatic heterocycles. The Hall–Kier alpha value is -1.96. The summed E-state index contributed by atoms with van der Waals surface area (Å²) < 4.78 is 55.4. The second kappa shape index (κ2) is 13.0. The molecular formula is C27H36F2NO5P. The normalized spacial score (nSPS) is 22.6. The Labute approximate surface area is 212 Å². The molecule has 2 heterocycles. The fraction of sp³-hybridized carbons (Fsp3) is 0.519. The van der Waals surface area contributed by atoms with Crippen molar-refractivity contribution in [2.75, 3.05) is 27.4 Å². The van der Waals surface area contributed by atoms with Crippen molar-refractivity contribution < 1.29 is 31.9 Å². The Morgan fingerprint density at radius 3 is 2.00 bits per heavy atom. The van der Waals surface area contributed by atoms with Gasteiger partial charge in [0.2, 0.25) is 0 Å². The minimum absolute atomic E-state index is 0.00176. The average Bonchev–Trinajstić information content (AvgIpc) is 3.05. The number of ether oxygens (including phenoxy) is 1. The summed E-state index contributed by atoms with van der Waals surface area (Å²) >= 11 is 0. The summed E-state index contributed by atoms with van der Waals surface area (Å²) in [4.78, 5) is 14.8. The molecule has 0 spiro atoms. The maximum Gasteiger partial charge on any atom is 0.363 e. The Morgan fingerprint density at radius 1 is 0.972 bits per heavy atom. The SMILES string of the molecule is CCOP(=O)(OCC)C(OC)c1ccccc1F.CN1C2CCC1CC(C(=O)c1ccccc1F)C2. The van der Waals surface area contributed by atoms with E-state index in [9.17, 15) is 18.1 Å². The van der Waals surface area contributed by atoms with Crippen LogP contribution in [0.5, 0.6) is 0 Å². The van der Waals surface area contributed by atoms with Crippen molar-refractivity contribution in [1.82, 2.24) is 4.90 Å². The zero-order chi connectivity index (χ0) is 26.3. The molecule has 2 bridgehead atoms. The largest absolute Gasteiger partial charge is 0.364 e. The molecule has 2 aromatic carbocycles. The highest BCUT2D eigenvalue weighted by Gasteiger charge is 2.41. The molecule has 3 atom stereocenters. The fourth-order valence-electron chi connectivity index (χ4n) is 5.14. The third kappa shape index (κ3) is 6.48. The van der Waals surface area contributed by atoms with Crippen LogP contribution in [0.4, 0.5) is 8.78 Å². The van der Waals surface area contributed by atoms with E-state index >= 15 is 0 Å². The first-order valence-electron chi connectivity index (χ1n) is 12.4. The predicted molar refractivity (Wildman–Crippen MR) is 135 cm³/mol. The molecule has 0 radical (unpaired) electrons. The Balaban J connectivity index is 0.000000201. The summed E-state index contributed by atoms with van der Waals surface area (Å²) in [6.45, 7) is 3.79. The highest BCUT2D eigenvalue weighted by molar-refractivity contribution is 7.54. The zero-order valence-electron chi connectivity index (χ0n) is 21.4. The van der Waals surface area contributed by atoms with Crippen molar-refractivity contribution in [3.8, 4) is 0 Å². The molecule has 0 amide bonds. The maximum absolute atomic E-state index is 13.7. The van der Waals surface area contributed by atoms with Crippen molar-refractivity contribution in [2.24, 2.45) is 5.92 Å². The lowest BCUT2D eigenvalue weighted by Crippen LogP contribution is -2.42. The van der Waals surface area contributed by atoms with Crippen LogP contribution in [0.25, 0.3) is 0 Å². The van der Waals surface area contributed by atoms with Gasteiger partial charge in [-0.1, -0.05) is 30.3 Å². The van der Waals surface area contributed by atoms with E-state index in [4.69, 9.17) is 13.8 Å². The molecule has 0 aromatic heterocycles. The van der Waals surface area contributed by atoms with E-state index < -0.39 is 19.3 Å². The number of fused-ring (bicyclic) bond motifs is 2. The molecule has 9 heteroatoms. The number of carbonyl (C=O) groups is 1. The minimum atomic E-state index is -3.54. The Bertz CT molecular complexity index is 1040. The van der Waals surface area contributed by atoms with Crippen LogP contribution in [-0.4, -0.2) is 50.1 Å². The summed E-state index contributed by atoms with van der Waals surface area (Å²) in [6.07, 6.45) is 4.14. The summed E-state index contributed by atoms with van der Waals surface area (Å²) in [7, 11) is -0.0466. The molecule has 6 nitrogen and oxygen atoms in total. The smallest absolute Gasteiger partial charge is 0.363 e. The Kier molecular flexibility index (Phi) is 10.3. The van der Waals surface area contributed by atoms with Gasteiger partial charge in [0, 0.05) is 30.7 Å². The number of piperidine rings is 1. The molecule has 0 saturated carbocycles. The van der Waals surface area contributed by atoms with E-state index in [2.05, 4.69) is 11.9 Å². The van der Waals surface area contributed by atoms with Crippen LogP contribution < -0.4 is 0 Å². The average molecular weight is 524 g/mol. The summed E-state index contributed by atoms with van der Waals surface area (Å²) in [5.41, 5.74) is 0.441. The van der Waals surface area contributed by atoms with Crippen LogP contribution in [0.15, 0.2) is 48.5 Å². The molecule has 2 aromatic rings. The molecule has 198 valence electrons. The molecule has 4 rings (SSSR count). The van der Waals surface area contributed by atoms with Crippen LogP contribution in [0, 0.1) is 17.6 Å². The second-order valence-electron chi connectivity index (χ2n) is 9.05. The van der Waals surface area contributed by atoms with Gasteiger partial charge in [-0.25, -0.2) is 8.78 Å². The molecule has 0 N–H and O–H groups in total. The van der Waals surface area contributed by atoms with Gasteiger partial charge in [-0.3, -0.25) is 9.36 Å². The van der Waals surface area contributed by atoms with E-state index in [0.29, 0.717) is 12.1 Å². The van der Waals surface area contributed by atoms with Gasteiger partial charge in [-0.15, -0.1) is 0 Å². The van der Waals surface area contributed by atoms with Crippen molar-refractivity contribution in [1.29, 1.82) is 0 Å².